The van der Waals surface area contributed by atoms with E-state index in [-0.39, 0.29) is 36.6 Å². The number of imidazole rings is 1. The molecule has 2 aliphatic heterocycles. The maximum atomic E-state index is 14.3. The van der Waals surface area contributed by atoms with E-state index in [1.54, 1.807) is 0 Å². The highest BCUT2D eigenvalue weighted by molar-refractivity contribution is 6.08. The third-order valence-electron chi connectivity index (χ3n) is 6.21. The number of piperazine rings is 1. The molecule has 0 spiro atoms. The number of amides is 2. The van der Waals surface area contributed by atoms with Crippen molar-refractivity contribution < 1.29 is 37.7 Å². The Hall–Kier alpha value is -3.54. The summed E-state index contributed by atoms with van der Waals surface area (Å²) < 4.78 is 57.2. The zero-order valence-electron chi connectivity index (χ0n) is 19.2. The molecule has 186 valence electrons. The number of carbonyl (C=O) groups is 2. The van der Waals surface area contributed by atoms with Crippen LogP contribution in [0.4, 0.5) is 17.6 Å². The van der Waals surface area contributed by atoms with Gasteiger partial charge < -0.3 is 14.9 Å². The highest BCUT2D eigenvalue weighted by atomic mass is 19.4. The number of aliphatic hydroxyl groups is 1. The topological polar surface area (TPSA) is 104 Å². The highest BCUT2D eigenvalue weighted by Gasteiger charge is 2.54. The zero-order chi connectivity index (χ0) is 25.9. The van der Waals surface area contributed by atoms with Gasteiger partial charge >= 0.3 is 6.18 Å². The van der Waals surface area contributed by atoms with Crippen molar-refractivity contribution >= 4 is 23.1 Å². The van der Waals surface area contributed by atoms with Crippen LogP contribution in [0.25, 0.3) is 5.57 Å². The second-order valence-electron chi connectivity index (χ2n) is 9.28. The van der Waals surface area contributed by atoms with Crippen molar-refractivity contribution in [3.63, 3.8) is 0 Å². The summed E-state index contributed by atoms with van der Waals surface area (Å²) in [4.78, 5) is 32.3. The van der Waals surface area contributed by atoms with E-state index in [1.165, 1.54) is 42.7 Å². The first-order valence-electron chi connectivity index (χ1n) is 10.7. The number of carbonyl (C=O) groups excluding carboxylic acids is 2. The molecule has 35 heavy (non-hydrogen) atoms. The second-order valence-corrected chi connectivity index (χ2v) is 9.28. The lowest BCUT2D eigenvalue weighted by molar-refractivity contribution is -0.154. The van der Waals surface area contributed by atoms with Gasteiger partial charge in [-0.15, -0.1) is 0 Å². The number of nitrogens with two attached hydrogens (primary N) is 1. The monoisotopic (exact) mass is 494 g/mol. The van der Waals surface area contributed by atoms with Crippen molar-refractivity contribution in [3.05, 3.63) is 59.4 Å². The Balaban J connectivity index is 1.81. The molecule has 1 fully saturated rings. The molecule has 1 unspecified atom stereocenters. The predicted molar refractivity (Wildman–Crippen MR) is 116 cm³/mol. The van der Waals surface area contributed by atoms with Gasteiger partial charge in [-0.3, -0.25) is 19.6 Å². The van der Waals surface area contributed by atoms with Crippen LogP contribution in [0.5, 0.6) is 0 Å². The molecular weight excluding hydrogens is 470 g/mol. The van der Waals surface area contributed by atoms with Crippen molar-refractivity contribution in [1.82, 2.24) is 19.4 Å². The molecule has 1 atom stereocenters. The number of rotatable bonds is 4. The quantitative estimate of drug-likeness (QED) is 0.488. The summed E-state index contributed by atoms with van der Waals surface area (Å²) >= 11 is 0. The largest absolute Gasteiger partial charge is 0.420 e. The van der Waals surface area contributed by atoms with E-state index in [0.717, 1.165) is 22.9 Å². The van der Waals surface area contributed by atoms with Crippen molar-refractivity contribution in [1.29, 1.82) is 0 Å². The van der Waals surface area contributed by atoms with Gasteiger partial charge in [0, 0.05) is 24.7 Å². The van der Waals surface area contributed by atoms with Gasteiger partial charge in [-0.2, -0.15) is 13.2 Å². The lowest BCUT2D eigenvalue weighted by Crippen LogP contribution is -2.63. The average molecular weight is 494 g/mol. The van der Waals surface area contributed by atoms with E-state index >= 15 is 0 Å². The number of nitrogens with zero attached hydrogens (tertiary/aromatic N) is 4. The van der Waals surface area contributed by atoms with E-state index in [0.29, 0.717) is 6.08 Å². The molecule has 0 radical (unpaired) electrons. The average Bonchev–Trinajstić information content (AvgIpc) is 3.28. The molecule has 2 aliphatic rings. The van der Waals surface area contributed by atoms with Crippen molar-refractivity contribution in [2.45, 2.75) is 38.2 Å². The molecule has 2 amide bonds. The van der Waals surface area contributed by atoms with E-state index in [9.17, 15) is 32.3 Å². The van der Waals surface area contributed by atoms with Crippen LogP contribution >= 0.6 is 0 Å². The minimum absolute atomic E-state index is 0.0597. The first-order chi connectivity index (χ1) is 16.1. The number of hydrogen-bond acceptors (Lipinski definition) is 4. The Bertz CT molecular complexity index is 1240. The SMILES string of the molecule is CC(C)(O)C(=O)N1CCN2C(=O)c3cnc(C(=CC(=[NH2+])c4ccc(F)cc4)C(F)(F)F)n3C2(C)C1. The Labute approximate surface area is 198 Å². The van der Waals surface area contributed by atoms with Crippen molar-refractivity contribution in [3.8, 4) is 0 Å². The number of benzene rings is 1. The summed E-state index contributed by atoms with van der Waals surface area (Å²) in [6, 6.07) is 4.65. The molecule has 0 saturated carbocycles. The summed E-state index contributed by atoms with van der Waals surface area (Å²) in [7, 11) is 0. The summed E-state index contributed by atoms with van der Waals surface area (Å²) in [6.45, 7) is 4.20. The van der Waals surface area contributed by atoms with Crippen LogP contribution in [0.15, 0.2) is 36.5 Å². The standard InChI is InChI=1S/C23H23F4N5O3/c1-21(2,35)20(34)30-8-9-31-19(33)17-11-29-18(32(17)22(31,3)12-30)15(23(25,26)27)10-16(28)13-4-6-14(24)7-5-13/h4-7,10-11,28,35H,8-9,12H2,1-3H3/p+1. The maximum Gasteiger partial charge on any atom is 0.420 e. The Morgan fingerprint density at radius 2 is 1.83 bits per heavy atom. The first-order valence-corrected chi connectivity index (χ1v) is 10.7. The number of aromatic nitrogens is 2. The van der Waals surface area contributed by atoms with Crippen LogP contribution in [-0.2, 0) is 10.5 Å². The molecule has 2 aromatic rings. The zero-order valence-corrected chi connectivity index (χ0v) is 19.2. The number of fused-ring (bicyclic) bond motifs is 3. The van der Waals surface area contributed by atoms with Gasteiger partial charge in [-0.05, 0) is 45.0 Å². The summed E-state index contributed by atoms with van der Waals surface area (Å²) in [5.41, 5.74) is -4.44. The van der Waals surface area contributed by atoms with Gasteiger partial charge in [0.1, 0.15) is 34.2 Å². The lowest BCUT2D eigenvalue weighted by Gasteiger charge is -2.46. The maximum absolute atomic E-state index is 14.3. The van der Waals surface area contributed by atoms with Gasteiger partial charge in [-0.25, -0.2) is 9.37 Å². The van der Waals surface area contributed by atoms with Crippen molar-refractivity contribution in [2.75, 3.05) is 19.6 Å². The highest BCUT2D eigenvalue weighted by Crippen LogP contribution is 2.42. The van der Waals surface area contributed by atoms with Crippen LogP contribution in [0.3, 0.4) is 0 Å². The molecule has 8 nitrogen and oxygen atoms in total. The van der Waals surface area contributed by atoms with E-state index in [2.05, 4.69) is 4.98 Å². The summed E-state index contributed by atoms with van der Waals surface area (Å²) in [5, 5.41) is 16.1. The third kappa shape index (κ3) is 4.11. The smallest absolute Gasteiger partial charge is 0.381 e. The van der Waals surface area contributed by atoms with Crippen molar-refractivity contribution in [2.24, 2.45) is 0 Å². The Kier molecular flexibility index (Phi) is 5.62. The molecule has 3 heterocycles. The molecule has 0 bridgehead atoms. The fraction of sp³-hybridized carbons (Fsp3) is 0.391. The molecule has 1 aromatic heterocycles. The van der Waals surface area contributed by atoms with Crippen LogP contribution in [0, 0.1) is 5.82 Å². The van der Waals surface area contributed by atoms with Gasteiger partial charge in [0.15, 0.2) is 0 Å². The predicted octanol–water partition coefficient (Wildman–Crippen LogP) is 0.958. The normalized spacial score (nSPS) is 20.7. The molecule has 0 aliphatic carbocycles. The summed E-state index contributed by atoms with van der Waals surface area (Å²) in [6.07, 6.45) is -3.14. The number of halogens is 4. The number of allylic oxidation sites excluding steroid dienone is 2. The third-order valence-corrected chi connectivity index (χ3v) is 6.21. The fourth-order valence-electron chi connectivity index (χ4n) is 4.53. The summed E-state index contributed by atoms with van der Waals surface area (Å²) in [5.74, 6) is -2.24. The van der Waals surface area contributed by atoms with E-state index in [4.69, 9.17) is 5.41 Å². The molecule has 1 aromatic carbocycles. The minimum atomic E-state index is -4.91. The lowest BCUT2D eigenvalue weighted by atomic mass is 10.0. The van der Waals surface area contributed by atoms with Gasteiger partial charge in [0.2, 0.25) is 5.71 Å². The first kappa shape index (κ1) is 24.6. The van der Waals surface area contributed by atoms with Gasteiger partial charge in [0.25, 0.3) is 11.8 Å². The van der Waals surface area contributed by atoms with Gasteiger partial charge in [0.05, 0.1) is 12.7 Å². The second kappa shape index (κ2) is 8.01. The number of hydrogen-bond donors (Lipinski definition) is 2. The fourth-order valence-corrected chi connectivity index (χ4v) is 4.53. The molecule has 1 saturated heterocycles. The molecular formula is C23H24F4N5O3+. The van der Waals surface area contributed by atoms with Crippen LogP contribution < -0.4 is 5.41 Å². The van der Waals surface area contributed by atoms with E-state index in [1.807, 2.05) is 0 Å². The molecule has 4 rings (SSSR count). The Morgan fingerprint density at radius 1 is 1.20 bits per heavy atom. The Morgan fingerprint density at radius 3 is 2.40 bits per heavy atom. The van der Waals surface area contributed by atoms with Gasteiger partial charge in [-0.1, -0.05) is 0 Å². The molecule has 12 heteroatoms. The molecule has 3 N–H and O–H groups in total. The van der Waals surface area contributed by atoms with E-state index < -0.39 is 46.5 Å². The van der Waals surface area contributed by atoms with Crippen LogP contribution in [-0.4, -0.2) is 73.4 Å². The van der Waals surface area contributed by atoms with Crippen LogP contribution in [0.2, 0.25) is 0 Å². The number of alkyl halides is 3. The van der Waals surface area contributed by atoms with Crippen LogP contribution in [0.1, 0.15) is 42.6 Å². The minimum Gasteiger partial charge on any atom is -0.381 e.